The number of carbonyl (C=O) groups is 2. The number of aryl methyl sites for hydroxylation is 1. The molecular weight excluding hydrogens is 400 g/mol. The van der Waals surface area contributed by atoms with E-state index in [1.807, 2.05) is 6.92 Å². The van der Waals surface area contributed by atoms with Crippen LogP contribution in [0, 0.1) is 12.7 Å². The molecule has 0 aliphatic carbocycles. The maximum absolute atomic E-state index is 13.1. The molecule has 0 saturated heterocycles. The maximum atomic E-state index is 13.1. The molecule has 1 heterocycles. The zero-order valence-corrected chi connectivity index (χ0v) is 16.7. The van der Waals surface area contributed by atoms with Gasteiger partial charge in [0.25, 0.3) is 11.8 Å². The molecular formula is C17H20Cl2FN3O2S. The average molecular weight is 420 g/mol. The summed E-state index contributed by atoms with van der Waals surface area (Å²) >= 11 is 7.05. The zero-order valence-electron chi connectivity index (χ0n) is 14.3. The summed E-state index contributed by atoms with van der Waals surface area (Å²) in [6.07, 6.45) is 0.683. The molecule has 5 nitrogen and oxygen atoms in total. The van der Waals surface area contributed by atoms with Gasteiger partial charge in [-0.15, -0.1) is 23.7 Å². The molecule has 0 aliphatic rings. The van der Waals surface area contributed by atoms with Crippen molar-refractivity contribution in [3.8, 4) is 0 Å². The summed E-state index contributed by atoms with van der Waals surface area (Å²) in [5.41, 5.74) is 6.57. The molecule has 2 rings (SSSR count). The Labute approximate surface area is 166 Å². The van der Waals surface area contributed by atoms with Crippen molar-refractivity contribution in [3.05, 3.63) is 51.1 Å². The Balaban J connectivity index is 0.00000338. The fraction of sp³-hybridized carbons (Fsp3) is 0.294. The van der Waals surface area contributed by atoms with Gasteiger partial charge in [0.15, 0.2) is 0 Å². The van der Waals surface area contributed by atoms with E-state index >= 15 is 0 Å². The Bertz CT molecular complexity index is 796. The number of halogens is 3. The Morgan fingerprint density at radius 3 is 2.62 bits per heavy atom. The van der Waals surface area contributed by atoms with E-state index in [0.29, 0.717) is 22.8 Å². The van der Waals surface area contributed by atoms with Gasteiger partial charge in [-0.05, 0) is 50.1 Å². The van der Waals surface area contributed by atoms with Crippen LogP contribution in [0.3, 0.4) is 0 Å². The number of benzene rings is 1. The van der Waals surface area contributed by atoms with Gasteiger partial charge in [0.05, 0.1) is 20.5 Å². The van der Waals surface area contributed by atoms with Crippen molar-refractivity contribution >= 4 is 52.2 Å². The molecule has 9 heteroatoms. The first-order valence-corrected chi connectivity index (χ1v) is 8.88. The highest BCUT2D eigenvalue weighted by molar-refractivity contribution is 7.18. The highest BCUT2D eigenvalue weighted by atomic mass is 35.5. The molecule has 0 spiro atoms. The first-order chi connectivity index (χ1) is 11.8. The number of hydrogen-bond acceptors (Lipinski definition) is 4. The second-order valence-electron chi connectivity index (χ2n) is 5.72. The van der Waals surface area contributed by atoms with Gasteiger partial charge in [-0.25, -0.2) is 4.39 Å². The molecule has 26 heavy (non-hydrogen) atoms. The molecule has 0 saturated carbocycles. The van der Waals surface area contributed by atoms with Crippen molar-refractivity contribution in [2.45, 2.75) is 26.3 Å². The summed E-state index contributed by atoms with van der Waals surface area (Å²) in [5.74, 6) is -1.18. The maximum Gasteiger partial charge on any atom is 0.261 e. The highest BCUT2D eigenvalue weighted by Gasteiger charge is 2.17. The first kappa shape index (κ1) is 22.4. The van der Waals surface area contributed by atoms with Crippen LogP contribution in [0.25, 0.3) is 0 Å². The van der Waals surface area contributed by atoms with E-state index in [2.05, 4.69) is 10.6 Å². The van der Waals surface area contributed by atoms with Crippen molar-refractivity contribution in [2.75, 3.05) is 11.9 Å². The van der Waals surface area contributed by atoms with Crippen molar-refractivity contribution in [1.29, 1.82) is 0 Å². The van der Waals surface area contributed by atoms with Gasteiger partial charge in [0, 0.05) is 12.6 Å². The van der Waals surface area contributed by atoms with Crippen molar-refractivity contribution in [3.63, 3.8) is 0 Å². The smallest absolute Gasteiger partial charge is 0.261 e. The van der Waals surface area contributed by atoms with Gasteiger partial charge in [-0.3, -0.25) is 9.59 Å². The molecule has 2 aromatic rings. The van der Waals surface area contributed by atoms with E-state index < -0.39 is 11.7 Å². The lowest BCUT2D eigenvalue weighted by Gasteiger charge is -2.06. The Kier molecular flexibility index (Phi) is 8.49. The summed E-state index contributed by atoms with van der Waals surface area (Å²) in [5, 5.41) is 6.02. The normalized spacial score (nSPS) is 11.4. The summed E-state index contributed by atoms with van der Waals surface area (Å²) < 4.78 is 13.1. The Morgan fingerprint density at radius 2 is 2.00 bits per heavy atom. The lowest BCUT2D eigenvalue weighted by molar-refractivity contribution is 0.0955. The summed E-state index contributed by atoms with van der Waals surface area (Å²) in [7, 11) is 0. The number of hydrogen-bond donors (Lipinski definition) is 3. The standard InChI is InChI=1S/C17H19ClFN3O2S.ClH/c1-9-7-14(25-15(9)17(24)21-6-5-10(2)20)22-16(23)12-4-3-11(19)8-13(12)18;/h3-4,7-8,10H,5-6,20H2,1-2H3,(H,21,24)(H,22,23);1H. The molecule has 1 unspecified atom stereocenters. The number of nitrogens with two attached hydrogens (primary N) is 1. The van der Waals surface area contributed by atoms with Gasteiger partial charge in [-0.2, -0.15) is 0 Å². The van der Waals surface area contributed by atoms with Crippen LogP contribution in [0.15, 0.2) is 24.3 Å². The minimum absolute atomic E-state index is 0. The fourth-order valence-corrected chi connectivity index (χ4v) is 3.35. The molecule has 0 bridgehead atoms. The van der Waals surface area contributed by atoms with Crippen LogP contribution in [0.4, 0.5) is 9.39 Å². The van der Waals surface area contributed by atoms with Gasteiger partial charge >= 0.3 is 0 Å². The predicted octanol–water partition coefficient (Wildman–Crippen LogP) is 3.99. The van der Waals surface area contributed by atoms with Crippen LogP contribution in [0.2, 0.25) is 5.02 Å². The van der Waals surface area contributed by atoms with Crippen molar-refractivity contribution in [1.82, 2.24) is 5.32 Å². The lowest BCUT2D eigenvalue weighted by atomic mass is 10.2. The first-order valence-electron chi connectivity index (χ1n) is 7.68. The van der Waals surface area contributed by atoms with Crippen LogP contribution >= 0.6 is 35.3 Å². The van der Waals surface area contributed by atoms with Gasteiger partial charge in [0.1, 0.15) is 5.82 Å². The quantitative estimate of drug-likeness (QED) is 0.661. The monoisotopic (exact) mass is 419 g/mol. The van der Waals surface area contributed by atoms with Crippen molar-refractivity contribution < 1.29 is 14.0 Å². The van der Waals surface area contributed by atoms with E-state index in [1.54, 1.807) is 13.0 Å². The summed E-state index contributed by atoms with van der Waals surface area (Å²) in [6, 6.07) is 5.28. The second-order valence-corrected chi connectivity index (χ2v) is 7.18. The molecule has 0 aliphatic heterocycles. The second kappa shape index (κ2) is 9.87. The fourth-order valence-electron chi connectivity index (χ4n) is 2.12. The number of amides is 2. The van der Waals surface area contributed by atoms with E-state index in [4.69, 9.17) is 17.3 Å². The molecule has 4 N–H and O–H groups in total. The van der Waals surface area contributed by atoms with E-state index in [0.717, 1.165) is 17.7 Å². The summed E-state index contributed by atoms with van der Waals surface area (Å²) in [6.45, 7) is 4.15. The van der Waals surface area contributed by atoms with Gasteiger partial charge in [-0.1, -0.05) is 11.6 Å². The number of carbonyl (C=O) groups excluding carboxylic acids is 2. The predicted molar refractivity (Wildman–Crippen MR) is 106 cm³/mol. The molecule has 1 aromatic carbocycles. The van der Waals surface area contributed by atoms with Crippen LogP contribution in [-0.2, 0) is 0 Å². The number of anilines is 1. The SMILES string of the molecule is Cc1cc(NC(=O)c2ccc(F)cc2Cl)sc1C(=O)NCCC(C)N.Cl. The zero-order chi connectivity index (χ0) is 18.6. The Morgan fingerprint density at radius 1 is 1.31 bits per heavy atom. The van der Waals surface area contributed by atoms with Gasteiger partial charge in [0.2, 0.25) is 0 Å². The minimum atomic E-state index is -0.515. The van der Waals surface area contributed by atoms with Crippen LogP contribution < -0.4 is 16.4 Å². The number of nitrogens with one attached hydrogen (secondary N) is 2. The van der Waals surface area contributed by atoms with Crippen LogP contribution in [0.5, 0.6) is 0 Å². The number of rotatable bonds is 6. The molecule has 1 atom stereocenters. The summed E-state index contributed by atoms with van der Waals surface area (Å²) in [4.78, 5) is 25.0. The molecule has 0 fully saturated rings. The third-order valence-corrected chi connectivity index (χ3v) is 4.89. The Hall–Kier alpha value is -1.67. The number of thiophene rings is 1. The van der Waals surface area contributed by atoms with Gasteiger partial charge < -0.3 is 16.4 Å². The molecule has 1 aromatic heterocycles. The van der Waals surface area contributed by atoms with Crippen LogP contribution in [0.1, 0.15) is 38.9 Å². The minimum Gasteiger partial charge on any atom is -0.351 e. The van der Waals surface area contributed by atoms with E-state index in [-0.39, 0.29) is 34.9 Å². The molecule has 0 radical (unpaired) electrons. The average Bonchev–Trinajstić information content (AvgIpc) is 2.87. The van der Waals surface area contributed by atoms with E-state index in [1.165, 1.54) is 17.4 Å². The highest BCUT2D eigenvalue weighted by Crippen LogP contribution is 2.28. The molecule has 142 valence electrons. The topological polar surface area (TPSA) is 84.2 Å². The van der Waals surface area contributed by atoms with E-state index in [9.17, 15) is 14.0 Å². The van der Waals surface area contributed by atoms with Crippen LogP contribution in [-0.4, -0.2) is 24.4 Å². The third kappa shape index (κ3) is 5.95. The van der Waals surface area contributed by atoms with Crippen molar-refractivity contribution in [2.24, 2.45) is 5.73 Å². The largest absolute Gasteiger partial charge is 0.351 e. The third-order valence-electron chi connectivity index (χ3n) is 3.42. The lowest BCUT2D eigenvalue weighted by Crippen LogP contribution is -2.28. The molecule has 2 amide bonds.